The van der Waals surface area contributed by atoms with E-state index in [1.54, 1.807) is 6.07 Å². The van der Waals surface area contributed by atoms with Crippen molar-refractivity contribution in [2.24, 2.45) is 0 Å². The molecular weight excluding hydrogens is 482 g/mol. The molecule has 0 radical (unpaired) electrons. The van der Waals surface area contributed by atoms with Crippen LogP contribution in [0.15, 0.2) is 64.3 Å². The van der Waals surface area contributed by atoms with Crippen LogP contribution >= 0.6 is 0 Å². The molecule has 2 N–H and O–H groups in total. The predicted octanol–water partition coefficient (Wildman–Crippen LogP) is 1.88. The third kappa shape index (κ3) is 4.50. The van der Waals surface area contributed by atoms with Crippen LogP contribution in [0.1, 0.15) is 0 Å². The fourth-order valence-electron chi connectivity index (χ4n) is 3.71. The molecule has 0 bridgehead atoms. The van der Waals surface area contributed by atoms with Crippen molar-refractivity contribution >= 4 is 26.8 Å². The molecule has 4 aromatic rings. The Morgan fingerprint density at radius 2 is 1.66 bits per heavy atom. The van der Waals surface area contributed by atoms with Crippen LogP contribution in [0.5, 0.6) is 0 Å². The summed E-state index contributed by atoms with van der Waals surface area (Å²) in [7, 11) is -3.73. The highest BCUT2D eigenvalue weighted by Gasteiger charge is 2.23. The number of anilines is 1. The van der Waals surface area contributed by atoms with Gasteiger partial charge >= 0.3 is 0 Å². The van der Waals surface area contributed by atoms with Crippen molar-refractivity contribution in [3.05, 3.63) is 76.6 Å². The molecule has 0 unspecified atom stereocenters. The maximum Gasteiger partial charge on any atom is 0.256 e. The first-order valence-electron chi connectivity index (χ1n) is 10.3. The molecule has 2 heterocycles. The van der Waals surface area contributed by atoms with Gasteiger partial charge in [-0.3, -0.25) is 9.36 Å². The lowest BCUT2D eigenvalue weighted by atomic mass is 10.1. The molecule has 0 aliphatic rings. The Kier molecular flexibility index (Phi) is 6.61. The lowest BCUT2D eigenvalue weighted by Gasteiger charge is -2.21. The van der Waals surface area contributed by atoms with Crippen LogP contribution < -0.4 is 10.5 Å². The van der Waals surface area contributed by atoms with Gasteiger partial charge in [0.2, 0.25) is 5.95 Å². The molecule has 0 fully saturated rings. The number of fused-ring (bicyclic) bond motifs is 1. The first-order valence-corrected chi connectivity index (χ1v) is 12.2. The zero-order chi connectivity index (χ0) is 25.3. The van der Waals surface area contributed by atoms with E-state index in [2.05, 4.69) is 9.97 Å². The molecule has 0 atom stereocenters. The second kappa shape index (κ2) is 9.49. The van der Waals surface area contributed by atoms with Gasteiger partial charge in [0.05, 0.1) is 17.2 Å². The van der Waals surface area contributed by atoms with Crippen LogP contribution in [0.4, 0.5) is 14.7 Å². The number of pyridine rings is 1. The topological polar surface area (TPSA) is 126 Å². The minimum absolute atomic E-state index is 0.0490. The van der Waals surface area contributed by atoms with E-state index in [-0.39, 0.29) is 46.3 Å². The molecule has 0 aliphatic carbocycles. The van der Waals surface area contributed by atoms with Gasteiger partial charge in [-0.25, -0.2) is 22.2 Å². The minimum atomic E-state index is -3.73. The number of aliphatic hydroxyl groups is 2. The number of rotatable bonds is 7. The number of halogens is 2. The molecule has 9 nitrogen and oxygen atoms in total. The minimum Gasteiger partial charge on any atom is -0.395 e. The van der Waals surface area contributed by atoms with E-state index in [0.29, 0.717) is 0 Å². The van der Waals surface area contributed by atoms with E-state index in [1.165, 1.54) is 24.3 Å². The highest BCUT2D eigenvalue weighted by molar-refractivity contribution is 7.90. The number of nitrogens with zero attached hydrogens (tertiary/aromatic N) is 4. The summed E-state index contributed by atoms with van der Waals surface area (Å²) in [5.74, 6) is -2.23. The van der Waals surface area contributed by atoms with E-state index in [9.17, 15) is 32.2 Å². The van der Waals surface area contributed by atoms with Gasteiger partial charge in [0.1, 0.15) is 24.1 Å². The molecule has 0 saturated carbocycles. The number of para-hydroxylation sites is 1. The summed E-state index contributed by atoms with van der Waals surface area (Å²) < 4.78 is 55.2. The smallest absolute Gasteiger partial charge is 0.256 e. The summed E-state index contributed by atoms with van der Waals surface area (Å²) in [5, 5.41) is 19.3. The fourth-order valence-corrected chi connectivity index (χ4v) is 4.60. The Bertz CT molecular complexity index is 1570. The lowest BCUT2D eigenvalue weighted by Crippen LogP contribution is -2.30. The van der Waals surface area contributed by atoms with Crippen molar-refractivity contribution in [1.29, 1.82) is 0 Å². The van der Waals surface area contributed by atoms with E-state index >= 15 is 0 Å². The molecular formula is C23H20F2N4O5S. The average Bonchev–Trinajstić information content (AvgIpc) is 2.82. The highest BCUT2D eigenvalue weighted by atomic mass is 32.2. The third-order valence-electron chi connectivity index (χ3n) is 5.26. The van der Waals surface area contributed by atoms with E-state index < -0.39 is 39.4 Å². The van der Waals surface area contributed by atoms with E-state index in [4.69, 9.17) is 0 Å². The van der Waals surface area contributed by atoms with Crippen molar-refractivity contribution < 1.29 is 27.4 Å². The molecule has 0 amide bonds. The normalized spacial score (nSPS) is 11.7. The van der Waals surface area contributed by atoms with Gasteiger partial charge in [-0.05, 0) is 24.3 Å². The quantitative estimate of drug-likeness (QED) is 0.367. The lowest BCUT2D eigenvalue weighted by molar-refractivity contribution is 0.256. The van der Waals surface area contributed by atoms with Crippen LogP contribution in [-0.2, 0) is 9.84 Å². The van der Waals surface area contributed by atoms with Crippen molar-refractivity contribution in [3.63, 3.8) is 0 Å². The molecule has 4 rings (SSSR count). The maximum atomic E-state index is 14.7. The summed E-state index contributed by atoms with van der Waals surface area (Å²) in [4.78, 5) is 22.7. The van der Waals surface area contributed by atoms with Gasteiger partial charge in [0.25, 0.3) is 5.56 Å². The van der Waals surface area contributed by atoms with Crippen LogP contribution in [0.3, 0.4) is 0 Å². The number of aromatic nitrogens is 3. The number of hydrogen-bond acceptors (Lipinski definition) is 8. The van der Waals surface area contributed by atoms with Crippen LogP contribution in [0, 0.1) is 11.6 Å². The predicted molar refractivity (Wildman–Crippen MR) is 125 cm³/mol. The van der Waals surface area contributed by atoms with Crippen molar-refractivity contribution in [2.75, 3.05) is 31.0 Å². The van der Waals surface area contributed by atoms with Crippen LogP contribution in [0.25, 0.3) is 28.0 Å². The first kappa shape index (κ1) is 24.4. The highest BCUT2D eigenvalue weighted by Crippen LogP contribution is 2.33. The van der Waals surface area contributed by atoms with Crippen LogP contribution in [-0.4, -0.2) is 59.3 Å². The summed E-state index contributed by atoms with van der Waals surface area (Å²) in [6, 6.07) is 11.5. The van der Waals surface area contributed by atoms with Crippen molar-refractivity contribution in [1.82, 2.24) is 14.5 Å². The fraction of sp³-hybridized carbons (Fsp3) is 0.174. The van der Waals surface area contributed by atoms with Gasteiger partial charge in [-0.2, -0.15) is 4.98 Å². The molecule has 35 heavy (non-hydrogen) atoms. The van der Waals surface area contributed by atoms with Crippen molar-refractivity contribution in [2.45, 2.75) is 4.90 Å². The van der Waals surface area contributed by atoms with Crippen LogP contribution in [0.2, 0.25) is 0 Å². The number of sulfone groups is 1. The Hall–Kier alpha value is -3.74. The van der Waals surface area contributed by atoms with Gasteiger partial charge < -0.3 is 15.1 Å². The number of benzene rings is 2. The van der Waals surface area contributed by atoms with E-state index in [1.807, 2.05) is 0 Å². The molecule has 182 valence electrons. The summed E-state index contributed by atoms with van der Waals surface area (Å²) in [6.07, 6.45) is 1.02. The van der Waals surface area contributed by atoms with E-state index in [0.717, 1.165) is 40.0 Å². The average molecular weight is 502 g/mol. The maximum absolute atomic E-state index is 14.7. The van der Waals surface area contributed by atoms with Crippen molar-refractivity contribution in [3.8, 4) is 16.9 Å². The molecule has 0 saturated heterocycles. The van der Waals surface area contributed by atoms with Gasteiger partial charge in [0.15, 0.2) is 15.5 Å². The van der Waals surface area contributed by atoms with Gasteiger partial charge in [-0.15, -0.1) is 0 Å². The SMILES string of the molecule is CS(=O)(=O)c1ccccc1-c1nc(N(CO)CCO)nc2c1ccc(=O)n2-c1c(F)cccc1F. The Balaban J connectivity index is 2.20. The largest absolute Gasteiger partial charge is 0.395 e. The van der Waals surface area contributed by atoms with Gasteiger partial charge in [0, 0.05) is 29.8 Å². The molecule has 12 heteroatoms. The number of aliphatic hydroxyl groups excluding tert-OH is 2. The monoisotopic (exact) mass is 502 g/mol. The molecule has 0 aliphatic heterocycles. The Labute approximate surface area is 198 Å². The van der Waals surface area contributed by atoms with Gasteiger partial charge in [-0.1, -0.05) is 24.3 Å². The first-order chi connectivity index (χ1) is 16.7. The zero-order valence-corrected chi connectivity index (χ0v) is 19.2. The zero-order valence-electron chi connectivity index (χ0n) is 18.4. The Morgan fingerprint density at radius 3 is 2.29 bits per heavy atom. The number of hydrogen-bond donors (Lipinski definition) is 2. The summed E-state index contributed by atoms with van der Waals surface area (Å²) in [6.45, 7) is -1.13. The molecule has 2 aromatic heterocycles. The standard InChI is InChI=1S/C23H20F2N4O5S/c1-35(33,34)18-8-3-2-5-14(18)20-15-9-10-19(32)29(21-16(24)6-4-7-17(21)25)22(15)27-23(26-20)28(13-31)11-12-30/h2-10,30-31H,11-13H2,1H3. The second-order valence-electron chi connectivity index (χ2n) is 7.58. The molecule has 0 spiro atoms. The molecule has 2 aromatic carbocycles. The summed E-state index contributed by atoms with van der Waals surface area (Å²) in [5.41, 5.74) is -1.49. The third-order valence-corrected chi connectivity index (χ3v) is 6.42. The summed E-state index contributed by atoms with van der Waals surface area (Å²) >= 11 is 0. The Morgan fingerprint density at radius 1 is 0.971 bits per heavy atom. The second-order valence-corrected chi connectivity index (χ2v) is 9.57.